The molecule has 0 saturated heterocycles. The first-order valence-electron chi connectivity index (χ1n) is 8.66. The molecule has 0 saturated carbocycles. The molecule has 0 bridgehead atoms. The number of hydrogen-bond donors (Lipinski definition) is 1. The Balaban J connectivity index is 2.03. The molecule has 26 heavy (non-hydrogen) atoms. The van der Waals surface area contributed by atoms with Crippen LogP contribution >= 0.6 is 15.9 Å². The lowest BCUT2D eigenvalue weighted by Crippen LogP contribution is -2.40. The molecule has 1 aromatic heterocycles. The highest BCUT2D eigenvalue weighted by molar-refractivity contribution is 9.10. The number of carbonyl (C=O) groups excluding carboxylic acids is 1. The molecule has 0 aliphatic heterocycles. The third-order valence-corrected chi connectivity index (χ3v) is 10.3. The van der Waals surface area contributed by atoms with Gasteiger partial charge in [0.25, 0.3) is 5.91 Å². The van der Waals surface area contributed by atoms with Crippen molar-refractivity contribution in [3.8, 4) is 0 Å². The molecule has 1 aromatic carbocycles. The third kappa shape index (κ3) is 5.02. The van der Waals surface area contributed by atoms with E-state index < -0.39 is 8.32 Å². The first-order chi connectivity index (χ1) is 12.0. The van der Waals surface area contributed by atoms with E-state index in [-0.39, 0.29) is 10.9 Å². The fourth-order valence-corrected chi connectivity index (χ4v) is 3.38. The first kappa shape index (κ1) is 20.8. The van der Waals surface area contributed by atoms with Gasteiger partial charge in [0.1, 0.15) is 5.69 Å². The predicted molar refractivity (Wildman–Crippen MR) is 113 cm³/mol. The average molecular weight is 435 g/mol. The Morgan fingerprint density at radius 2 is 1.92 bits per heavy atom. The van der Waals surface area contributed by atoms with Crippen molar-refractivity contribution in [2.24, 2.45) is 0 Å². The summed E-state index contributed by atoms with van der Waals surface area (Å²) < 4.78 is 7.16. The van der Waals surface area contributed by atoms with Crippen LogP contribution in [-0.4, -0.2) is 19.2 Å². The number of aromatic nitrogens is 1. The number of halogens is 1. The number of hydrogen-bond acceptors (Lipinski definition) is 3. The Hall–Kier alpha value is -1.50. The molecule has 0 atom stereocenters. The van der Waals surface area contributed by atoms with Crippen molar-refractivity contribution >= 4 is 35.8 Å². The molecule has 1 amide bonds. The summed E-state index contributed by atoms with van der Waals surface area (Å²) >= 11 is 3.47. The van der Waals surface area contributed by atoms with Crippen molar-refractivity contribution in [3.63, 3.8) is 0 Å². The van der Waals surface area contributed by atoms with Gasteiger partial charge in [-0.2, -0.15) is 0 Å². The van der Waals surface area contributed by atoms with Gasteiger partial charge < -0.3 is 9.74 Å². The molecule has 0 aliphatic rings. The quantitative estimate of drug-likeness (QED) is 0.593. The summed E-state index contributed by atoms with van der Waals surface area (Å²) in [5.74, 6) is -0.219. The van der Waals surface area contributed by atoms with Gasteiger partial charge in [-0.3, -0.25) is 9.78 Å². The van der Waals surface area contributed by atoms with E-state index in [9.17, 15) is 4.79 Å². The molecule has 4 nitrogen and oxygen atoms in total. The average Bonchev–Trinajstić information content (AvgIpc) is 2.56. The molecule has 0 fully saturated rings. The molecule has 140 valence electrons. The van der Waals surface area contributed by atoms with E-state index in [1.807, 2.05) is 31.2 Å². The standard InChI is InChI=1S/C20H27BrN2O2Si/c1-14-16(21)8-7-9-17(14)23-19(24)18-11-10-15(12-22-18)13-25-26(5,6)20(2,3)4/h7-12H,13H2,1-6H3,(H,23,24). The number of anilines is 1. The predicted octanol–water partition coefficient (Wildman–Crippen LogP) is 5.93. The van der Waals surface area contributed by atoms with E-state index >= 15 is 0 Å². The summed E-state index contributed by atoms with van der Waals surface area (Å²) in [6.45, 7) is 13.6. The number of rotatable bonds is 5. The maximum absolute atomic E-state index is 12.4. The smallest absolute Gasteiger partial charge is 0.274 e. The first-order valence-corrected chi connectivity index (χ1v) is 12.4. The highest BCUT2D eigenvalue weighted by Gasteiger charge is 2.37. The van der Waals surface area contributed by atoms with Crippen LogP contribution in [0.2, 0.25) is 18.1 Å². The Morgan fingerprint density at radius 1 is 1.23 bits per heavy atom. The zero-order chi connectivity index (χ0) is 19.5. The lowest BCUT2D eigenvalue weighted by atomic mass is 10.2. The van der Waals surface area contributed by atoms with Crippen molar-refractivity contribution in [1.82, 2.24) is 4.98 Å². The van der Waals surface area contributed by atoms with E-state index in [0.29, 0.717) is 12.3 Å². The number of carbonyl (C=O) groups is 1. The van der Waals surface area contributed by atoms with E-state index in [0.717, 1.165) is 21.3 Å². The normalized spacial score (nSPS) is 12.1. The van der Waals surface area contributed by atoms with Gasteiger partial charge in [-0.05, 0) is 54.4 Å². The van der Waals surface area contributed by atoms with E-state index in [2.05, 4.69) is 60.1 Å². The summed E-state index contributed by atoms with van der Waals surface area (Å²) in [4.78, 5) is 16.7. The fourth-order valence-electron chi connectivity index (χ4n) is 2.05. The minimum Gasteiger partial charge on any atom is -0.413 e. The van der Waals surface area contributed by atoms with Crippen LogP contribution in [0.4, 0.5) is 5.69 Å². The molecule has 0 radical (unpaired) electrons. The van der Waals surface area contributed by atoms with Gasteiger partial charge >= 0.3 is 0 Å². The minimum absolute atomic E-state index is 0.169. The highest BCUT2D eigenvalue weighted by atomic mass is 79.9. The molecule has 0 aliphatic carbocycles. The lowest BCUT2D eigenvalue weighted by molar-refractivity contribution is 0.102. The Morgan fingerprint density at radius 3 is 2.50 bits per heavy atom. The van der Waals surface area contributed by atoms with Crippen molar-refractivity contribution in [3.05, 3.63) is 57.8 Å². The molecule has 0 unspecified atom stereocenters. The summed E-state index contributed by atoms with van der Waals surface area (Å²) in [5, 5.41) is 3.08. The van der Waals surface area contributed by atoms with Gasteiger partial charge in [0.15, 0.2) is 8.32 Å². The molecule has 2 aromatic rings. The van der Waals surface area contributed by atoms with Crippen LogP contribution in [0.3, 0.4) is 0 Å². The van der Waals surface area contributed by atoms with Gasteiger partial charge in [0, 0.05) is 16.4 Å². The van der Waals surface area contributed by atoms with Crippen LogP contribution in [0.25, 0.3) is 0 Å². The molecule has 0 spiro atoms. The number of pyridine rings is 1. The molecule has 2 rings (SSSR count). The summed E-state index contributed by atoms with van der Waals surface area (Å²) in [5.41, 5.74) is 3.13. The minimum atomic E-state index is -1.80. The van der Waals surface area contributed by atoms with Crippen molar-refractivity contribution in [1.29, 1.82) is 0 Å². The van der Waals surface area contributed by atoms with Crippen molar-refractivity contribution in [2.75, 3.05) is 5.32 Å². The molecule has 1 heterocycles. The van der Waals surface area contributed by atoms with Crippen molar-refractivity contribution < 1.29 is 9.22 Å². The maximum atomic E-state index is 12.4. The zero-order valence-electron chi connectivity index (χ0n) is 16.3. The molecule has 1 N–H and O–H groups in total. The maximum Gasteiger partial charge on any atom is 0.274 e. The monoisotopic (exact) mass is 434 g/mol. The van der Waals surface area contributed by atoms with Crippen LogP contribution < -0.4 is 5.32 Å². The second-order valence-electron chi connectivity index (χ2n) is 7.97. The van der Waals surface area contributed by atoms with E-state index in [4.69, 9.17) is 4.43 Å². The fraction of sp³-hybridized carbons (Fsp3) is 0.400. The van der Waals surface area contributed by atoms with E-state index in [1.165, 1.54) is 0 Å². The van der Waals surface area contributed by atoms with Gasteiger partial charge in [0.05, 0.1) is 6.61 Å². The zero-order valence-corrected chi connectivity index (χ0v) is 18.9. The van der Waals surface area contributed by atoms with Gasteiger partial charge in [0.2, 0.25) is 0 Å². The third-order valence-electron chi connectivity index (χ3n) is 4.98. The summed E-state index contributed by atoms with van der Waals surface area (Å²) in [6.07, 6.45) is 1.72. The van der Waals surface area contributed by atoms with E-state index in [1.54, 1.807) is 12.3 Å². The molecular formula is C20H27BrN2O2Si. The van der Waals surface area contributed by atoms with Gasteiger partial charge in [-0.25, -0.2) is 0 Å². The lowest BCUT2D eigenvalue weighted by Gasteiger charge is -2.36. The van der Waals surface area contributed by atoms with Crippen LogP contribution in [0.1, 0.15) is 42.4 Å². The van der Waals surface area contributed by atoms with Crippen LogP contribution in [-0.2, 0) is 11.0 Å². The number of nitrogens with zero attached hydrogens (tertiary/aromatic N) is 1. The van der Waals surface area contributed by atoms with Crippen LogP contribution in [0.5, 0.6) is 0 Å². The molecular weight excluding hydrogens is 408 g/mol. The Kier molecular flexibility index (Phi) is 6.42. The SMILES string of the molecule is Cc1c(Br)cccc1NC(=O)c1ccc(CO[Si](C)(C)C(C)(C)C)cn1. The Labute approximate surface area is 165 Å². The highest BCUT2D eigenvalue weighted by Crippen LogP contribution is 2.37. The topological polar surface area (TPSA) is 51.2 Å². The van der Waals surface area contributed by atoms with Crippen molar-refractivity contribution in [2.45, 2.75) is 52.4 Å². The second kappa shape index (κ2) is 8.02. The number of benzene rings is 1. The second-order valence-corrected chi connectivity index (χ2v) is 13.6. The van der Waals surface area contributed by atoms with Crippen LogP contribution in [0, 0.1) is 6.92 Å². The number of nitrogens with one attached hydrogen (secondary N) is 1. The largest absolute Gasteiger partial charge is 0.413 e. The molecule has 6 heteroatoms. The van der Waals surface area contributed by atoms with Gasteiger partial charge in [-0.15, -0.1) is 0 Å². The Bertz CT molecular complexity index is 783. The van der Waals surface area contributed by atoms with Crippen LogP contribution in [0.15, 0.2) is 41.0 Å². The summed E-state index contributed by atoms with van der Waals surface area (Å²) in [6, 6.07) is 9.36. The number of amides is 1. The van der Waals surface area contributed by atoms with Gasteiger partial charge in [-0.1, -0.05) is 48.8 Å². The summed E-state index contributed by atoms with van der Waals surface area (Å²) in [7, 11) is -1.80.